The first-order chi connectivity index (χ1) is 17.4. The lowest BCUT2D eigenvalue weighted by molar-refractivity contribution is -0.137. The van der Waals surface area contributed by atoms with E-state index < -0.39 is 0 Å². The molecule has 1 unspecified atom stereocenters. The SMILES string of the molecule is N#Cc1ccc(N2CC(C(=O)N3CCN(CCC(=O)c4ccc5c(c4)OC(=O)C5)CC3)CC2=O)cc1. The summed E-state index contributed by atoms with van der Waals surface area (Å²) >= 11 is 0. The summed E-state index contributed by atoms with van der Waals surface area (Å²) in [5, 5.41) is 8.96. The second kappa shape index (κ2) is 9.91. The average Bonchev–Trinajstić information content (AvgIpc) is 3.48. The van der Waals surface area contributed by atoms with Crippen LogP contribution < -0.4 is 9.64 Å². The molecule has 0 radical (unpaired) electrons. The summed E-state index contributed by atoms with van der Waals surface area (Å²) in [6, 6.07) is 14.0. The zero-order valence-corrected chi connectivity index (χ0v) is 19.8. The van der Waals surface area contributed by atoms with Crippen LogP contribution in [0.3, 0.4) is 0 Å². The number of rotatable bonds is 6. The Morgan fingerprint density at radius 2 is 1.78 bits per heavy atom. The predicted molar refractivity (Wildman–Crippen MR) is 129 cm³/mol. The van der Waals surface area contributed by atoms with Gasteiger partial charge in [0.15, 0.2) is 5.78 Å². The Bertz CT molecular complexity index is 1260. The average molecular weight is 487 g/mol. The third-order valence-electron chi connectivity index (χ3n) is 7.07. The largest absolute Gasteiger partial charge is 0.426 e. The fraction of sp³-hybridized carbons (Fsp3) is 0.370. The highest BCUT2D eigenvalue weighted by molar-refractivity contribution is 6.00. The summed E-state index contributed by atoms with van der Waals surface area (Å²) in [5.74, 6) is -0.312. The van der Waals surface area contributed by atoms with Crippen molar-refractivity contribution in [3.8, 4) is 11.8 Å². The van der Waals surface area contributed by atoms with Crippen molar-refractivity contribution in [3.63, 3.8) is 0 Å². The van der Waals surface area contributed by atoms with Gasteiger partial charge in [-0.05, 0) is 30.3 Å². The number of piperazine rings is 1. The van der Waals surface area contributed by atoms with E-state index in [1.165, 1.54) is 0 Å². The van der Waals surface area contributed by atoms with E-state index in [9.17, 15) is 19.2 Å². The standard InChI is InChI=1S/C27H26N4O5/c28-16-18-1-5-22(6-2-18)31-17-21(14-25(31)33)27(35)30-11-9-29(10-12-30)8-7-23(32)19-3-4-20-15-26(34)36-24(20)13-19/h1-6,13,21H,7-12,14-15,17H2. The van der Waals surface area contributed by atoms with Gasteiger partial charge in [-0.2, -0.15) is 5.26 Å². The lowest BCUT2D eigenvalue weighted by Crippen LogP contribution is -2.50. The first kappa shape index (κ1) is 23.7. The number of nitrogens with zero attached hydrogens (tertiary/aromatic N) is 4. The van der Waals surface area contributed by atoms with Crippen LogP contribution in [-0.4, -0.2) is 72.6 Å². The lowest BCUT2D eigenvalue weighted by atomic mass is 10.0. The molecule has 0 spiro atoms. The van der Waals surface area contributed by atoms with Crippen molar-refractivity contribution in [2.45, 2.75) is 19.3 Å². The van der Waals surface area contributed by atoms with Crippen LogP contribution in [0.4, 0.5) is 5.69 Å². The van der Waals surface area contributed by atoms with Crippen molar-refractivity contribution < 1.29 is 23.9 Å². The van der Waals surface area contributed by atoms with Crippen LogP contribution >= 0.6 is 0 Å². The second-order valence-corrected chi connectivity index (χ2v) is 9.38. The van der Waals surface area contributed by atoms with Crippen molar-refractivity contribution in [2.75, 3.05) is 44.2 Å². The van der Waals surface area contributed by atoms with Crippen LogP contribution in [0, 0.1) is 17.2 Å². The number of amides is 2. The predicted octanol–water partition coefficient (Wildman–Crippen LogP) is 1.79. The third kappa shape index (κ3) is 4.86. The second-order valence-electron chi connectivity index (χ2n) is 9.38. The van der Waals surface area contributed by atoms with Gasteiger partial charge < -0.3 is 14.5 Å². The molecule has 9 nitrogen and oxygen atoms in total. The fourth-order valence-corrected chi connectivity index (χ4v) is 4.98. The molecule has 1 atom stereocenters. The Kier molecular flexibility index (Phi) is 6.53. The topological polar surface area (TPSA) is 111 Å². The van der Waals surface area contributed by atoms with Crippen molar-refractivity contribution in [2.24, 2.45) is 5.92 Å². The number of carbonyl (C=O) groups excluding carboxylic acids is 4. The number of fused-ring (bicyclic) bond motifs is 1. The fourth-order valence-electron chi connectivity index (χ4n) is 4.98. The van der Waals surface area contributed by atoms with E-state index in [-0.39, 0.29) is 42.3 Å². The van der Waals surface area contributed by atoms with E-state index in [0.717, 1.165) is 5.56 Å². The molecule has 3 aliphatic heterocycles. The summed E-state index contributed by atoms with van der Waals surface area (Å²) in [5.41, 5.74) is 2.57. The molecule has 0 aromatic heterocycles. The number of hydrogen-bond donors (Lipinski definition) is 0. The molecule has 5 rings (SSSR count). The highest BCUT2D eigenvalue weighted by Crippen LogP contribution is 2.28. The number of benzene rings is 2. The van der Waals surface area contributed by atoms with Crippen molar-refractivity contribution >= 4 is 29.3 Å². The number of Topliss-reactive ketones (excluding diaryl/α,β-unsaturated/α-hetero) is 1. The summed E-state index contributed by atoms with van der Waals surface area (Å²) in [6.45, 7) is 3.38. The van der Waals surface area contributed by atoms with Crippen molar-refractivity contribution in [3.05, 3.63) is 59.2 Å². The maximum atomic E-state index is 13.1. The van der Waals surface area contributed by atoms with Gasteiger partial charge in [-0.25, -0.2) is 0 Å². The first-order valence-electron chi connectivity index (χ1n) is 12.1. The van der Waals surface area contributed by atoms with Gasteiger partial charge in [-0.15, -0.1) is 0 Å². The highest BCUT2D eigenvalue weighted by Gasteiger charge is 2.38. The molecule has 0 bridgehead atoms. The maximum absolute atomic E-state index is 13.1. The molecule has 2 amide bonds. The number of ether oxygens (including phenoxy) is 1. The molecule has 0 N–H and O–H groups in total. The minimum absolute atomic E-state index is 0.00776. The number of esters is 1. The minimum atomic E-state index is -0.379. The highest BCUT2D eigenvalue weighted by atomic mass is 16.5. The molecular formula is C27H26N4O5. The molecule has 36 heavy (non-hydrogen) atoms. The van der Waals surface area contributed by atoms with Gasteiger partial charge in [0.25, 0.3) is 0 Å². The number of anilines is 1. The van der Waals surface area contributed by atoms with Crippen LogP contribution in [0.1, 0.15) is 34.3 Å². The number of nitriles is 1. The lowest BCUT2D eigenvalue weighted by Gasteiger charge is -2.35. The minimum Gasteiger partial charge on any atom is -0.426 e. The number of carbonyl (C=O) groups is 4. The molecule has 2 aromatic carbocycles. The normalized spacial score (nSPS) is 19.7. The Balaban J connectivity index is 1.09. The van der Waals surface area contributed by atoms with E-state index in [4.69, 9.17) is 10.00 Å². The van der Waals surface area contributed by atoms with Gasteiger partial charge in [0.1, 0.15) is 5.75 Å². The van der Waals surface area contributed by atoms with Crippen LogP contribution in [-0.2, 0) is 20.8 Å². The van der Waals surface area contributed by atoms with E-state index in [2.05, 4.69) is 11.0 Å². The summed E-state index contributed by atoms with van der Waals surface area (Å²) in [7, 11) is 0. The smallest absolute Gasteiger partial charge is 0.315 e. The van der Waals surface area contributed by atoms with Gasteiger partial charge in [-0.1, -0.05) is 12.1 Å². The molecule has 2 saturated heterocycles. The quantitative estimate of drug-likeness (QED) is 0.348. The van der Waals surface area contributed by atoms with E-state index >= 15 is 0 Å². The zero-order chi connectivity index (χ0) is 25.2. The summed E-state index contributed by atoms with van der Waals surface area (Å²) in [4.78, 5) is 55.3. The molecule has 0 aliphatic carbocycles. The van der Waals surface area contributed by atoms with E-state index in [1.807, 2.05) is 4.90 Å². The number of ketones is 1. The Hall–Kier alpha value is -4.03. The molecule has 2 aromatic rings. The van der Waals surface area contributed by atoms with Gasteiger partial charge in [0.2, 0.25) is 11.8 Å². The molecule has 2 fully saturated rings. The van der Waals surface area contributed by atoms with Crippen LogP contribution in [0.2, 0.25) is 0 Å². The van der Waals surface area contributed by atoms with Gasteiger partial charge in [0.05, 0.1) is 24.0 Å². The van der Waals surface area contributed by atoms with Crippen LogP contribution in [0.5, 0.6) is 5.75 Å². The third-order valence-corrected chi connectivity index (χ3v) is 7.07. The van der Waals surface area contributed by atoms with Crippen molar-refractivity contribution in [1.29, 1.82) is 5.26 Å². The molecule has 184 valence electrons. The Morgan fingerprint density at radius 3 is 2.50 bits per heavy atom. The van der Waals surface area contributed by atoms with Gasteiger partial charge in [-0.3, -0.25) is 24.1 Å². The van der Waals surface area contributed by atoms with Crippen molar-refractivity contribution in [1.82, 2.24) is 9.80 Å². The maximum Gasteiger partial charge on any atom is 0.315 e. The first-order valence-corrected chi connectivity index (χ1v) is 12.1. The molecule has 0 saturated carbocycles. The van der Waals surface area contributed by atoms with Gasteiger partial charge >= 0.3 is 5.97 Å². The van der Waals surface area contributed by atoms with Crippen LogP contribution in [0.25, 0.3) is 0 Å². The molecule has 9 heteroatoms. The van der Waals surface area contributed by atoms with E-state index in [0.29, 0.717) is 68.3 Å². The van der Waals surface area contributed by atoms with Crippen LogP contribution in [0.15, 0.2) is 42.5 Å². The molecular weight excluding hydrogens is 460 g/mol. The monoisotopic (exact) mass is 486 g/mol. The van der Waals surface area contributed by atoms with Gasteiger partial charge in [0, 0.05) is 68.9 Å². The molecule has 3 heterocycles. The summed E-state index contributed by atoms with van der Waals surface area (Å²) < 4.78 is 5.14. The number of hydrogen-bond acceptors (Lipinski definition) is 7. The Labute approximate surface area is 208 Å². The molecule has 3 aliphatic rings. The summed E-state index contributed by atoms with van der Waals surface area (Å²) in [6.07, 6.45) is 0.774. The zero-order valence-electron chi connectivity index (χ0n) is 19.8. The van der Waals surface area contributed by atoms with E-state index in [1.54, 1.807) is 47.4 Å². The Morgan fingerprint density at radius 1 is 1.03 bits per heavy atom.